The fraction of sp³-hybridized carbons (Fsp3) is 0.423. The van der Waals surface area contributed by atoms with E-state index < -0.39 is 5.97 Å². The number of likely N-dealkylation sites (N-methyl/N-ethyl adjacent to an activating group) is 1. The molecule has 1 heterocycles. The summed E-state index contributed by atoms with van der Waals surface area (Å²) in [6.07, 6.45) is 0.836. The largest absolute Gasteiger partial charge is 0.478 e. The average molecular weight is 466 g/mol. The van der Waals surface area contributed by atoms with Crippen LogP contribution in [-0.2, 0) is 11.2 Å². The van der Waals surface area contributed by atoms with Crippen molar-refractivity contribution in [2.24, 2.45) is 4.99 Å². The molecule has 3 rings (SSSR count). The summed E-state index contributed by atoms with van der Waals surface area (Å²) in [4.78, 5) is 34.8. The lowest BCUT2D eigenvalue weighted by molar-refractivity contribution is -0.132. The van der Waals surface area contributed by atoms with Crippen LogP contribution < -0.4 is 5.32 Å². The summed E-state index contributed by atoms with van der Waals surface area (Å²) >= 11 is 0. The van der Waals surface area contributed by atoms with Crippen molar-refractivity contribution >= 4 is 23.5 Å². The Bertz CT molecular complexity index is 950. The molecule has 0 saturated carbocycles. The summed E-state index contributed by atoms with van der Waals surface area (Å²) in [6.45, 7) is 9.65. The first-order chi connectivity index (χ1) is 16.5. The van der Waals surface area contributed by atoms with Crippen LogP contribution in [0.25, 0.3) is 0 Å². The van der Waals surface area contributed by atoms with E-state index in [0.717, 1.165) is 57.3 Å². The monoisotopic (exact) mass is 465 g/mol. The highest BCUT2D eigenvalue weighted by molar-refractivity contribution is 5.94. The van der Waals surface area contributed by atoms with E-state index in [1.807, 2.05) is 36.9 Å². The number of amides is 1. The zero-order chi connectivity index (χ0) is 24.3. The number of aliphatic imine (C=N–C) groups is 1. The molecular formula is C26H35N5O3. The summed E-state index contributed by atoms with van der Waals surface area (Å²) in [5.41, 5.74) is 2.28. The number of carbonyl (C=O) groups excluding carboxylic acids is 1. The summed E-state index contributed by atoms with van der Waals surface area (Å²) in [6, 6.07) is 16.9. The maximum atomic E-state index is 12.5. The van der Waals surface area contributed by atoms with Gasteiger partial charge >= 0.3 is 5.97 Å². The number of guanidine groups is 1. The molecule has 2 N–H and O–H groups in total. The van der Waals surface area contributed by atoms with E-state index in [9.17, 15) is 9.59 Å². The van der Waals surface area contributed by atoms with Crippen molar-refractivity contribution in [3.05, 3.63) is 65.7 Å². The van der Waals surface area contributed by atoms with E-state index in [1.54, 1.807) is 24.3 Å². The molecule has 34 heavy (non-hydrogen) atoms. The number of hydrogen-bond acceptors (Lipinski definition) is 4. The molecule has 0 aliphatic carbocycles. The zero-order valence-electron chi connectivity index (χ0n) is 20.1. The zero-order valence-corrected chi connectivity index (χ0v) is 20.1. The number of hydrogen-bond donors (Lipinski definition) is 2. The van der Waals surface area contributed by atoms with E-state index in [-0.39, 0.29) is 11.5 Å². The van der Waals surface area contributed by atoms with Crippen molar-refractivity contribution in [3.63, 3.8) is 0 Å². The van der Waals surface area contributed by atoms with Crippen molar-refractivity contribution in [3.8, 4) is 0 Å². The lowest BCUT2D eigenvalue weighted by Crippen LogP contribution is -2.53. The third kappa shape index (κ3) is 7.31. The minimum absolute atomic E-state index is 0.173. The van der Waals surface area contributed by atoms with Crippen LogP contribution in [0, 0.1) is 0 Å². The lowest BCUT2D eigenvalue weighted by Gasteiger charge is -2.37. The van der Waals surface area contributed by atoms with Crippen LogP contribution in [0.2, 0.25) is 0 Å². The number of anilines is 1. The van der Waals surface area contributed by atoms with Gasteiger partial charge in [-0.25, -0.2) is 4.79 Å². The van der Waals surface area contributed by atoms with Crippen molar-refractivity contribution < 1.29 is 14.7 Å². The highest BCUT2D eigenvalue weighted by Gasteiger charge is 2.23. The van der Waals surface area contributed by atoms with Gasteiger partial charge in [-0.1, -0.05) is 30.3 Å². The first-order valence-electron chi connectivity index (χ1n) is 11.9. The molecule has 182 valence electrons. The molecule has 0 aromatic heterocycles. The van der Waals surface area contributed by atoms with Gasteiger partial charge in [0.25, 0.3) is 0 Å². The third-order valence-corrected chi connectivity index (χ3v) is 6.04. The van der Waals surface area contributed by atoms with Crippen molar-refractivity contribution in [2.45, 2.75) is 20.3 Å². The highest BCUT2D eigenvalue weighted by Crippen LogP contribution is 2.13. The Morgan fingerprint density at radius 3 is 2.21 bits per heavy atom. The fourth-order valence-corrected chi connectivity index (χ4v) is 3.96. The maximum absolute atomic E-state index is 12.5. The second kappa shape index (κ2) is 12.7. The summed E-state index contributed by atoms with van der Waals surface area (Å²) in [5.74, 6) is -0.000690. The van der Waals surface area contributed by atoms with Gasteiger partial charge in [0, 0.05) is 51.5 Å². The number of carboxylic acids is 1. The van der Waals surface area contributed by atoms with Crippen molar-refractivity contribution in [1.29, 1.82) is 0 Å². The number of nitrogens with one attached hydrogen (secondary N) is 1. The molecule has 0 atom stereocenters. The second-order valence-electron chi connectivity index (χ2n) is 8.28. The summed E-state index contributed by atoms with van der Waals surface area (Å²) < 4.78 is 0. The topological polar surface area (TPSA) is 88.5 Å². The van der Waals surface area contributed by atoms with Gasteiger partial charge in [0.1, 0.15) is 0 Å². The van der Waals surface area contributed by atoms with Gasteiger partial charge in [0.2, 0.25) is 5.91 Å². The molecule has 0 radical (unpaired) electrons. The molecule has 1 amide bonds. The van der Waals surface area contributed by atoms with E-state index >= 15 is 0 Å². The van der Waals surface area contributed by atoms with Gasteiger partial charge in [0.05, 0.1) is 12.1 Å². The third-order valence-electron chi connectivity index (χ3n) is 6.04. The first-order valence-corrected chi connectivity index (χ1v) is 11.9. The smallest absolute Gasteiger partial charge is 0.335 e. The van der Waals surface area contributed by atoms with E-state index in [2.05, 4.69) is 27.2 Å². The molecule has 1 fully saturated rings. The van der Waals surface area contributed by atoms with Crippen LogP contribution in [-0.4, -0.2) is 90.0 Å². The molecule has 8 nitrogen and oxygen atoms in total. The van der Waals surface area contributed by atoms with Gasteiger partial charge in [-0.2, -0.15) is 0 Å². The second-order valence-corrected chi connectivity index (χ2v) is 8.28. The van der Waals surface area contributed by atoms with E-state index in [0.29, 0.717) is 13.1 Å². The quantitative estimate of drug-likeness (QED) is 0.437. The Balaban J connectivity index is 1.65. The average Bonchev–Trinajstić information content (AvgIpc) is 2.85. The summed E-state index contributed by atoms with van der Waals surface area (Å²) in [5, 5.41) is 12.5. The minimum Gasteiger partial charge on any atom is -0.478 e. The molecule has 0 spiro atoms. The normalized spacial score (nSPS) is 14.6. The molecule has 2 aromatic carbocycles. The number of nitrogens with zero attached hydrogens (tertiary/aromatic N) is 4. The molecule has 1 aliphatic heterocycles. The van der Waals surface area contributed by atoms with Gasteiger partial charge in [-0.15, -0.1) is 0 Å². The molecule has 0 bridgehead atoms. The fourth-order valence-electron chi connectivity index (χ4n) is 3.96. The van der Waals surface area contributed by atoms with Gasteiger partial charge in [-0.3, -0.25) is 14.7 Å². The van der Waals surface area contributed by atoms with Crippen LogP contribution >= 0.6 is 0 Å². The van der Waals surface area contributed by atoms with Crippen LogP contribution in [0.15, 0.2) is 59.6 Å². The minimum atomic E-state index is -0.946. The predicted molar refractivity (Wildman–Crippen MR) is 135 cm³/mol. The standard InChI is InChI=1S/C26H35N5O3/c1-3-30(4-2)24(32)20-29-16-18-31(19-17-29)26(27-15-14-21-8-6-5-7-9-21)28-23-12-10-22(11-13-23)25(33)34/h5-13H,3-4,14-20H2,1-2H3,(H,27,28)(H,33,34). The molecule has 2 aromatic rings. The van der Waals surface area contributed by atoms with Crippen LogP contribution in [0.5, 0.6) is 0 Å². The maximum Gasteiger partial charge on any atom is 0.335 e. The summed E-state index contributed by atoms with van der Waals surface area (Å²) in [7, 11) is 0. The highest BCUT2D eigenvalue weighted by atomic mass is 16.4. The number of carbonyl (C=O) groups is 2. The number of carboxylic acid groups (broad SMARTS) is 1. The lowest BCUT2D eigenvalue weighted by atomic mass is 10.2. The first kappa shape index (κ1) is 25.2. The molecule has 0 unspecified atom stereocenters. The Morgan fingerprint density at radius 2 is 1.62 bits per heavy atom. The Labute approximate surface area is 201 Å². The Kier molecular flexibility index (Phi) is 9.46. The number of rotatable bonds is 9. The van der Waals surface area contributed by atoms with E-state index in [1.165, 1.54) is 5.56 Å². The Morgan fingerprint density at radius 1 is 0.971 bits per heavy atom. The van der Waals surface area contributed by atoms with Crippen molar-refractivity contribution in [2.75, 3.05) is 57.7 Å². The Hall–Kier alpha value is -3.39. The van der Waals surface area contributed by atoms with Gasteiger partial charge in [0.15, 0.2) is 5.96 Å². The van der Waals surface area contributed by atoms with Gasteiger partial charge < -0.3 is 20.2 Å². The number of piperazine rings is 1. The number of aromatic carboxylic acids is 1. The number of benzene rings is 2. The molecule has 1 aliphatic rings. The SMILES string of the molecule is CCN(CC)C(=O)CN1CCN(C(=NCCc2ccccc2)Nc2ccc(C(=O)O)cc2)CC1. The molecular weight excluding hydrogens is 430 g/mol. The van der Waals surface area contributed by atoms with Crippen LogP contribution in [0.1, 0.15) is 29.8 Å². The molecule has 8 heteroatoms. The van der Waals surface area contributed by atoms with Crippen LogP contribution in [0.3, 0.4) is 0 Å². The van der Waals surface area contributed by atoms with E-state index in [4.69, 9.17) is 10.1 Å². The van der Waals surface area contributed by atoms with Crippen molar-refractivity contribution in [1.82, 2.24) is 14.7 Å². The van der Waals surface area contributed by atoms with Gasteiger partial charge in [-0.05, 0) is 50.1 Å². The van der Waals surface area contributed by atoms with Crippen LogP contribution in [0.4, 0.5) is 5.69 Å². The molecule has 1 saturated heterocycles. The predicted octanol–water partition coefficient (Wildman–Crippen LogP) is 2.88.